The van der Waals surface area contributed by atoms with Crippen LogP contribution in [0.1, 0.15) is 57.1 Å². The normalized spacial score (nSPS) is 19.6. The van der Waals surface area contributed by atoms with Crippen LogP contribution in [0.2, 0.25) is 0 Å². The Balaban J connectivity index is 1.42. The molecule has 1 fully saturated rings. The molecule has 4 amide bonds. The van der Waals surface area contributed by atoms with Gasteiger partial charge in [0.2, 0.25) is 5.91 Å². The number of hydrogen-bond donors (Lipinski definition) is 2. The van der Waals surface area contributed by atoms with Crippen molar-refractivity contribution in [3.05, 3.63) is 35.4 Å². The second kappa shape index (κ2) is 9.94. The standard InChI is InChI=1S/C23H31N3O5/c1-3-15(2)20(22(29)30)24-19(27)11-5-4-8-12-25-21(28)18-13-16-9-6-7-10-17(16)14-26(18)23(25)31/h6-7,9-10,15,18,20H,3-5,8,11-14H2,1-2H3,(H,24,27)(H,29,30)/t15-,18-,20-/m0/s1. The van der Waals surface area contributed by atoms with Crippen LogP contribution in [0.4, 0.5) is 4.79 Å². The van der Waals surface area contributed by atoms with Crippen molar-refractivity contribution >= 4 is 23.8 Å². The third kappa shape index (κ3) is 5.06. The third-order valence-electron chi connectivity index (χ3n) is 6.36. The number of urea groups is 1. The molecule has 3 rings (SSSR count). The molecule has 0 spiro atoms. The van der Waals surface area contributed by atoms with Crippen LogP contribution < -0.4 is 5.32 Å². The maximum atomic E-state index is 12.8. The predicted molar refractivity (Wildman–Crippen MR) is 114 cm³/mol. The minimum absolute atomic E-state index is 0.140. The van der Waals surface area contributed by atoms with Gasteiger partial charge in [-0.15, -0.1) is 0 Å². The number of fused-ring (bicyclic) bond motifs is 2. The summed E-state index contributed by atoms with van der Waals surface area (Å²) in [5, 5.41) is 11.9. The van der Waals surface area contributed by atoms with Crippen LogP contribution in [0.5, 0.6) is 0 Å². The number of carbonyl (C=O) groups is 4. The number of amides is 4. The summed E-state index contributed by atoms with van der Waals surface area (Å²) in [5.74, 6) is -1.59. The van der Waals surface area contributed by atoms with Crippen LogP contribution in [0.15, 0.2) is 24.3 Å². The topological polar surface area (TPSA) is 107 Å². The van der Waals surface area contributed by atoms with Crippen molar-refractivity contribution in [3.8, 4) is 0 Å². The van der Waals surface area contributed by atoms with E-state index in [2.05, 4.69) is 5.32 Å². The lowest BCUT2D eigenvalue weighted by molar-refractivity contribution is -0.143. The first-order valence-corrected chi connectivity index (χ1v) is 11.0. The molecular weight excluding hydrogens is 398 g/mol. The summed E-state index contributed by atoms with van der Waals surface area (Å²) >= 11 is 0. The zero-order valence-corrected chi connectivity index (χ0v) is 18.2. The van der Waals surface area contributed by atoms with E-state index in [1.807, 2.05) is 31.2 Å². The fraction of sp³-hybridized carbons (Fsp3) is 0.565. The molecule has 0 radical (unpaired) electrons. The van der Waals surface area contributed by atoms with Crippen LogP contribution >= 0.6 is 0 Å². The van der Waals surface area contributed by atoms with Gasteiger partial charge in [0, 0.05) is 25.9 Å². The SMILES string of the molecule is CC[C@H](C)[C@H](NC(=O)CCCCCN1C(=O)[C@@H]2Cc3ccccc3CN2C1=O)C(=O)O. The van der Waals surface area contributed by atoms with E-state index in [0.29, 0.717) is 45.2 Å². The van der Waals surface area contributed by atoms with Gasteiger partial charge in [-0.25, -0.2) is 9.59 Å². The number of carboxylic acids is 1. The number of imide groups is 1. The van der Waals surface area contributed by atoms with Gasteiger partial charge in [-0.3, -0.25) is 14.5 Å². The van der Waals surface area contributed by atoms with E-state index in [9.17, 15) is 24.3 Å². The Kier molecular flexibility index (Phi) is 7.30. The average Bonchev–Trinajstić information content (AvgIpc) is 2.99. The molecular formula is C23H31N3O5. The molecule has 2 heterocycles. The molecule has 1 saturated heterocycles. The van der Waals surface area contributed by atoms with E-state index >= 15 is 0 Å². The fourth-order valence-electron chi connectivity index (χ4n) is 4.24. The van der Waals surface area contributed by atoms with Gasteiger partial charge in [-0.2, -0.15) is 0 Å². The Morgan fingerprint density at radius 1 is 1.16 bits per heavy atom. The van der Waals surface area contributed by atoms with Crippen LogP contribution in [0, 0.1) is 5.92 Å². The summed E-state index contributed by atoms with van der Waals surface area (Å²) in [5.41, 5.74) is 2.21. The minimum atomic E-state index is -1.02. The summed E-state index contributed by atoms with van der Waals surface area (Å²) in [6.45, 7) is 4.49. The second-order valence-corrected chi connectivity index (χ2v) is 8.47. The van der Waals surface area contributed by atoms with E-state index < -0.39 is 18.1 Å². The molecule has 2 aliphatic heterocycles. The summed E-state index contributed by atoms with van der Waals surface area (Å²) in [4.78, 5) is 51.9. The highest BCUT2D eigenvalue weighted by Gasteiger charge is 2.46. The zero-order valence-electron chi connectivity index (χ0n) is 18.2. The summed E-state index contributed by atoms with van der Waals surface area (Å²) in [6, 6.07) is 6.37. The highest BCUT2D eigenvalue weighted by atomic mass is 16.4. The first-order chi connectivity index (χ1) is 14.8. The lowest BCUT2D eigenvalue weighted by atomic mass is 9.95. The van der Waals surface area contributed by atoms with E-state index in [0.717, 1.165) is 11.1 Å². The number of carboxylic acid groups (broad SMARTS) is 1. The molecule has 0 saturated carbocycles. The van der Waals surface area contributed by atoms with Gasteiger partial charge in [0.05, 0.1) is 0 Å². The first-order valence-electron chi connectivity index (χ1n) is 11.0. The van der Waals surface area contributed by atoms with Gasteiger partial charge >= 0.3 is 12.0 Å². The molecule has 1 aromatic carbocycles. The van der Waals surface area contributed by atoms with Crippen molar-refractivity contribution < 1.29 is 24.3 Å². The van der Waals surface area contributed by atoms with Crippen molar-refractivity contribution in [2.24, 2.45) is 5.92 Å². The lowest BCUT2D eigenvalue weighted by Crippen LogP contribution is -2.44. The Labute approximate surface area is 182 Å². The number of rotatable bonds is 10. The summed E-state index contributed by atoms with van der Waals surface area (Å²) < 4.78 is 0. The van der Waals surface area contributed by atoms with E-state index in [4.69, 9.17) is 0 Å². The van der Waals surface area contributed by atoms with Crippen LogP contribution in [-0.4, -0.2) is 57.3 Å². The molecule has 2 N–H and O–H groups in total. The molecule has 3 atom stereocenters. The van der Waals surface area contributed by atoms with Crippen LogP contribution in [0.25, 0.3) is 0 Å². The number of aliphatic carboxylic acids is 1. The van der Waals surface area contributed by atoms with Gasteiger partial charge in [-0.1, -0.05) is 51.0 Å². The highest BCUT2D eigenvalue weighted by Crippen LogP contribution is 2.30. The van der Waals surface area contributed by atoms with Gasteiger partial charge in [0.25, 0.3) is 5.91 Å². The maximum absolute atomic E-state index is 12.8. The molecule has 0 aliphatic carbocycles. The first kappa shape index (κ1) is 22.8. The molecule has 0 unspecified atom stereocenters. The van der Waals surface area contributed by atoms with Crippen molar-refractivity contribution in [2.45, 2.75) is 71.0 Å². The van der Waals surface area contributed by atoms with Gasteiger partial charge < -0.3 is 15.3 Å². The Bertz CT molecular complexity index is 812. The van der Waals surface area contributed by atoms with Crippen molar-refractivity contribution in [3.63, 3.8) is 0 Å². The number of carbonyl (C=O) groups excluding carboxylic acids is 3. The quantitative estimate of drug-likeness (QED) is 0.439. The fourth-order valence-corrected chi connectivity index (χ4v) is 4.24. The maximum Gasteiger partial charge on any atom is 0.327 e. The smallest absolute Gasteiger partial charge is 0.327 e. The zero-order chi connectivity index (χ0) is 22.5. The molecule has 8 nitrogen and oxygen atoms in total. The Morgan fingerprint density at radius 3 is 2.55 bits per heavy atom. The summed E-state index contributed by atoms with van der Waals surface area (Å²) in [7, 11) is 0. The van der Waals surface area contributed by atoms with Crippen molar-refractivity contribution in [1.29, 1.82) is 0 Å². The number of nitrogens with one attached hydrogen (secondary N) is 1. The highest BCUT2D eigenvalue weighted by molar-refractivity contribution is 6.04. The largest absolute Gasteiger partial charge is 0.480 e. The number of unbranched alkanes of at least 4 members (excludes halogenated alkanes) is 2. The summed E-state index contributed by atoms with van der Waals surface area (Å²) in [6.07, 6.45) is 3.32. The monoisotopic (exact) mass is 429 g/mol. The lowest BCUT2D eigenvalue weighted by Gasteiger charge is -2.28. The third-order valence-corrected chi connectivity index (χ3v) is 6.36. The van der Waals surface area contributed by atoms with E-state index in [1.165, 1.54) is 4.90 Å². The second-order valence-electron chi connectivity index (χ2n) is 8.47. The molecule has 168 valence electrons. The number of hydrogen-bond acceptors (Lipinski definition) is 4. The number of nitrogens with zero attached hydrogens (tertiary/aromatic N) is 2. The predicted octanol–water partition coefficient (Wildman–Crippen LogP) is 2.55. The van der Waals surface area contributed by atoms with E-state index in [1.54, 1.807) is 11.8 Å². The van der Waals surface area contributed by atoms with Gasteiger partial charge in [0.15, 0.2) is 0 Å². The minimum Gasteiger partial charge on any atom is -0.480 e. The van der Waals surface area contributed by atoms with Crippen molar-refractivity contribution in [2.75, 3.05) is 6.54 Å². The molecule has 2 aliphatic rings. The Morgan fingerprint density at radius 2 is 1.87 bits per heavy atom. The Hall–Kier alpha value is -2.90. The molecule has 0 bridgehead atoms. The van der Waals surface area contributed by atoms with Gasteiger partial charge in [0.1, 0.15) is 12.1 Å². The van der Waals surface area contributed by atoms with Crippen molar-refractivity contribution in [1.82, 2.24) is 15.1 Å². The molecule has 0 aromatic heterocycles. The van der Waals surface area contributed by atoms with Crippen LogP contribution in [0.3, 0.4) is 0 Å². The van der Waals surface area contributed by atoms with E-state index in [-0.39, 0.29) is 30.2 Å². The molecule has 1 aromatic rings. The molecule has 8 heteroatoms. The molecule has 31 heavy (non-hydrogen) atoms. The van der Waals surface area contributed by atoms with Gasteiger partial charge in [-0.05, 0) is 29.9 Å². The van der Waals surface area contributed by atoms with Crippen LogP contribution in [-0.2, 0) is 27.3 Å². The number of benzene rings is 1. The average molecular weight is 430 g/mol.